The van der Waals surface area contributed by atoms with Crippen LogP contribution in [0, 0.1) is 23.7 Å². The minimum absolute atomic E-state index is 0.0968. The van der Waals surface area contributed by atoms with Crippen molar-refractivity contribution >= 4 is 53.0 Å². The zero-order valence-corrected chi connectivity index (χ0v) is 40.8. The number of ether oxygens (including phenoxy) is 2. The topological polar surface area (TPSA) is 212 Å². The van der Waals surface area contributed by atoms with E-state index in [2.05, 4.69) is 10.6 Å². The van der Waals surface area contributed by atoms with Gasteiger partial charge in [0.25, 0.3) is 17.7 Å². The molecule has 0 bridgehead atoms. The summed E-state index contributed by atoms with van der Waals surface area (Å²) in [5.74, 6) is -6.05. The Morgan fingerprint density at radius 3 is 1.94 bits per heavy atom. The summed E-state index contributed by atoms with van der Waals surface area (Å²) in [4.78, 5) is 113. The Balaban J connectivity index is 1.48. The van der Waals surface area contributed by atoms with Crippen molar-refractivity contribution in [3.05, 3.63) is 77.9 Å². The highest BCUT2D eigenvalue weighted by Crippen LogP contribution is 2.30. The molecule has 2 heterocycles. The lowest BCUT2D eigenvalue weighted by Gasteiger charge is -2.41. The van der Waals surface area contributed by atoms with E-state index in [4.69, 9.17) is 9.47 Å². The molecule has 4 rings (SSSR count). The van der Waals surface area contributed by atoms with Gasteiger partial charge in [-0.05, 0) is 60.4 Å². The summed E-state index contributed by atoms with van der Waals surface area (Å²) in [6, 6.07) is 10.7. The number of nitrogens with one attached hydrogen (secondary N) is 2. The molecule has 0 unspecified atom stereocenters. The van der Waals surface area contributed by atoms with E-state index < -0.39 is 89.7 Å². The van der Waals surface area contributed by atoms with Crippen LogP contribution in [0.4, 0.5) is 5.69 Å². The molecule has 1 saturated heterocycles. The van der Waals surface area contributed by atoms with Crippen molar-refractivity contribution in [3.63, 3.8) is 0 Å². The van der Waals surface area contributed by atoms with E-state index in [0.29, 0.717) is 31.5 Å². The van der Waals surface area contributed by atoms with E-state index in [-0.39, 0.29) is 42.1 Å². The Hall–Kier alpha value is -5.94. The van der Waals surface area contributed by atoms with Crippen LogP contribution in [0.2, 0.25) is 0 Å². The predicted molar refractivity (Wildman–Crippen MR) is 251 cm³/mol. The number of aliphatic carboxylic acids is 1. The fraction of sp³-hybridized carbons (Fsp3) is 0.560. The van der Waals surface area contributed by atoms with Gasteiger partial charge in [0.05, 0.1) is 42.3 Å². The van der Waals surface area contributed by atoms with E-state index in [1.807, 2.05) is 33.8 Å². The van der Waals surface area contributed by atoms with Crippen LogP contribution in [0.15, 0.2) is 66.7 Å². The molecule has 2 aromatic rings. The number of likely N-dealkylation sites (N-methyl/N-ethyl adjacent to an activating group) is 2. The highest BCUT2D eigenvalue weighted by Gasteiger charge is 2.44. The Morgan fingerprint density at radius 2 is 1.42 bits per heavy atom. The van der Waals surface area contributed by atoms with Crippen molar-refractivity contribution in [3.8, 4) is 0 Å². The summed E-state index contributed by atoms with van der Waals surface area (Å²) < 4.78 is 11.9. The molecule has 366 valence electrons. The number of carboxylic acid groups (broad SMARTS) is 1. The van der Waals surface area contributed by atoms with Crippen LogP contribution in [0.25, 0.3) is 0 Å². The van der Waals surface area contributed by atoms with Gasteiger partial charge in [0.1, 0.15) is 18.1 Å². The van der Waals surface area contributed by atoms with Crippen LogP contribution in [0.1, 0.15) is 90.1 Å². The standard InChI is InChI=1S/C50H70N6O11/c1-12-31(6)44(38(66-10)28-41(59)55-26-16-19-37(55)45(67-11)32(7)46(60)51-36(50(64)65)27-33-17-14-13-15-18-33)54(9)49(63)42(29(2)3)52-47(61)43(30(4)5)53(8)48(62)34-20-22-35(23-21-34)56-39(57)24-25-40(56)58/h13-15,17-18,20-25,29-32,36-38,42-45H,12,16,19,26-28H2,1-11H3,(H,51,60)(H,52,61)(H,64,65)/t31-,32+,36-,37-,38+,42-,43-,44-,45+/m0/s1. The Labute approximate surface area is 394 Å². The molecule has 9 atom stereocenters. The van der Waals surface area contributed by atoms with Crippen molar-refractivity contribution in [2.45, 2.75) is 123 Å². The van der Waals surface area contributed by atoms with E-state index in [1.165, 1.54) is 62.6 Å². The smallest absolute Gasteiger partial charge is 0.326 e. The third-order valence-corrected chi connectivity index (χ3v) is 13.2. The Bertz CT molecular complexity index is 2090. The van der Waals surface area contributed by atoms with Gasteiger partial charge in [-0.25, -0.2) is 9.69 Å². The van der Waals surface area contributed by atoms with Crippen molar-refractivity contribution < 1.29 is 52.9 Å². The summed E-state index contributed by atoms with van der Waals surface area (Å²) in [7, 11) is 6.10. The summed E-state index contributed by atoms with van der Waals surface area (Å²) in [5.41, 5.74) is 1.29. The van der Waals surface area contributed by atoms with Crippen molar-refractivity contribution in [2.75, 3.05) is 39.8 Å². The number of benzene rings is 2. The van der Waals surface area contributed by atoms with E-state index in [0.717, 1.165) is 10.5 Å². The zero-order valence-electron chi connectivity index (χ0n) is 40.8. The minimum Gasteiger partial charge on any atom is -0.480 e. The maximum absolute atomic E-state index is 14.6. The number of likely N-dealkylation sites (tertiary alicyclic amines) is 1. The van der Waals surface area contributed by atoms with Gasteiger partial charge in [-0.3, -0.25) is 33.6 Å². The van der Waals surface area contributed by atoms with Crippen LogP contribution in [0.3, 0.4) is 0 Å². The number of hydrogen-bond donors (Lipinski definition) is 3. The molecule has 0 radical (unpaired) electrons. The van der Waals surface area contributed by atoms with Crippen molar-refractivity contribution in [1.29, 1.82) is 0 Å². The molecule has 2 aliphatic rings. The van der Waals surface area contributed by atoms with E-state index in [1.54, 1.807) is 61.9 Å². The number of nitrogens with zero attached hydrogens (tertiary/aromatic N) is 4. The third kappa shape index (κ3) is 12.9. The molecular weight excluding hydrogens is 861 g/mol. The van der Waals surface area contributed by atoms with E-state index >= 15 is 0 Å². The van der Waals surface area contributed by atoms with Crippen LogP contribution < -0.4 is 15.5 Å². The fourth-order valence-corrected chi connectivity index (χ4v) is 9.29. The largest absolute Gasteiger partial charge is 0.480 e. The average molecular weight is 931 g/mol. The lowest BCUT2D eigenvalue weighted by molar-refractivity contribution is -0.148. The third-order valence-electron chi connectivity index (χ3n) is 13.2. The molecule has 0 spiro atoms. The molecular formula is C50H70N6O11. The van der Waals surface area contributed by atoms with Crippen molar-refractivity contribution in [2.24, 2.45) is 23.7 Å². The molecule has 17 heteroatoms. The lowest BCUT2D eigenvalue weighted by atomic mass is 9.89. The SMILES string of the molecule is CC[C@H](C)[C@@H]([C@@H](CC(=O)N1CCC[C@H]1[C@H](OC)[C@@H](C)C(=O)N[C@@H](Cc1ccccc1)C(=O)O)OC)N(C)C(=O)[C@@H](NC(=O)[C@H](C(C)C)N(C)C(=O)c1ccc(N2C(=O)C=CC2=O)cc1)C(C)C. The van der Waals surface area contributed by atoms with Crippen LogP contribution in [-0.4, -0.2) is 144 Å². The second kappa shape index (κ2) is 24.2. The number of anilines is 1. The molecule has 2 aliphatic heterocycles. The molecule has 0 aromatic heterocycles. The van der Waals surface area contributed by atoms with Gasteiger partial charge in [0, 0.05) is 59.0 Å². The van der Waals surface area contributed by atoms with Gasteiger partial charge in [-0.2, -0.15) is 0 Å². The highest BCUT2D eigenvalue weighted by molar-refractivity contribution is 6.28. The van der Waals surface area contributed by atoms with Gasteiger partial charge >= 0.3 is 5.97 Å². The molecule has 7 amide bonds. The average Bonchev–Trinajstić information content (AvgIpc) is 3.92. The summed E-state index contributed by atoms with van der Waals surface area (Å²) in [6.45, 7) is 13.2. The van der Waals surface area contributed by atoms with Gasteiger partial charge < -0.3 is 39.9 Å². The fourth-order valence-electron chi connectivity index (χ4n) is 9.29. The highest BCUT2D eigenvalue weighted by atomic mass is 16.5. The summed E-state index contributed by atoms with van der Waals surface area (Å²) in [5, 5.41) is 15.6. The summed E-state index contributed by atoms with van der Waals surface area (Å²) in [6.07, 6.45) is 2.66. The minimum atomic E-state index is -1.17. The Kier molecular flexibility index (Phi) is 19.4. The number of carbonyl (C=O) groups is 8. The first kappa shape index (κ1) is 53.7. The molecule has 2 aromatic carbocycles. The Morgan fingerprint density at radius 1 is 0.806 bits per heavy atom. The maximum atomic E-state index is 14.6. The molecule has 17 nitrogen and oxygen atoms in total. The number of rotatable bonds is 23. The number of hydrogen-bond acceptors (Lipinski definition) is 10. The second-order valence-electron chi connectivity index (χ2n) is 18.4. The quantitative estimate of drug-likeness (QED) is 0.135. The van der Waals surface area contributed by atoms with Crippen molar-refractivity contribution in [1.82, 2.24) is 25.3 Å². The molecule has 1 fully saturated rings. The first-order valence-corrected chi connectivity index (χ1v) is 23.1. The molecule has 67 heavy (non-hydrogen) atoms. The number of methoxy groups -OCH3 is 2. The van der Waals surface area contributed by atoms with E-state index in [9.17, 15) is 43.5 Å². The van der Waals surface area contributed by atoms with Gasteiger partial charge in [0.2, 0.25) is 23.6 Å². The first-order chi connectivity index (χ1) is 31.7. The number of carbonyl (C=O) groups excluding carboxylic acids is 7. The van der Waals surface area contributed by atoms with Gasteiger partial charge in [-0.15, -0.1) is 0 Å². The van der Waals surface area contributed by atoms with Gasteiger partial charge in [-0.1, -0.05) is 85.2 Å². The normalized spacial score (nSPS) is 18.5. The number of carboxylic acids is 1. The first-order valence-electron chi connectivity index (χ1n) is 23.1. The van der Waals surface area contributed by atoms with Gasteiger partial charge in [0.15, 0.2) is 0 Å². The monoisotopic (exact) mass is 931 g/mol. The second-order valence-corrected chi connectivity index (χ2v) is 18.4. The predicted octanol–water partition coefficient (Wildman–Crippen LogP) is 4.09. The molecule has 3 N–H and O–H groups in total. The number of imide groups is 1. The molecule has 0 aliphatic carbocycles. The van der Waals surface area contributed by atoms with Crippen LogP contribution in [0.5, 0.6) is 0 Å². The number of amides is 7. The maximum Gasteiger partial charge on any atom is 0.326 e. The summed E-state index contributed by atoms with van der Waals surface area (Å²) >= 11 is 0. The van der Waals surface area contributed by atoms with Crippen LogP contribution >= 0.6 is 0 Å². The molecule has 0 saturated carbocycles. The van der Waals surface area contributed by atoms with Crippen LogP contribution in [-0.2, 0) is 49.5 Å². The lowest BCUT2D eigenvalue weighted by Crippen LogP contribution is -2.60. The zero-order chi connectivity index (χ0) is 49.9.